The summed E-state index contributed by atoms with van der Waals surface area (Å²) in [6, 6.07) is 1.54. The summed E-state index contributed by atoms with van der Waals surface area (Å²) in [5.74, 6) is 0.225. The van der Waals surface area contributed by atoms with Gasteiger partial charge in [-0.25, -0.2) is 18.4 Å². The average Bonchev–Trinajstić information content (AvgIpc) is 2.68. The molecule has 2 heterocycles. The van der Waals surface area contributed by atoms with Gasteiger partial charge >= 0.3 is 0 Å². The molecule has 1 aliphatic rings. The first kappa shape index (κ1) is 12.7. The van der Waals surface area contributed by atoms with Crippen LogP contribution in [0.25, 0.3) is 0 Å². The third kappa shape index (κ3) is 3.14. The normalized spacial score (nSPS) is 20.7. The van der Waals surface area contributed by atoms with Gasteiger partial charge in [-0.15, -0.1) is 0 Å². The molecule has 0 aromatic carbocycles. The third-order valence-corrected chi connectivity index (χ3v) is 4.54. The van der Waals surface area contributed by atoms with Crippen LogP contribution in [0.5, 0.6) is 0 Å². The van der Waals surface area contributed by atoms with E-state index in [1.807, 2.05) is 0 Å². The highest BCUT2D eigenvalue weighted by Crippen LogP contribution is 2.17. The molecule has 0 aliphatic carbocycles. The molecule has 1 fully saturated rings. The number of sulfone groups is 1. The highest BCUT2D eigenvalue weighted by atomic mass is 35.5. The molecule has 0 spiro atoms. The molecule has 1 atom stereocenters. The fourth-order valence-electron chi connectivity index (χ4n) is 1.88. The third-order valence-electron chi connectivity index (χ3n) is 2.70. The Balaban J connectivity index is 2.24. The second-order valence-electron chi connectivity index (χ2n) is 4.25. The first-order chi connectivity index (χ1) is 7.97. The Morgan fingerprint density at radius 3 is 2.88 bits per heavy atom. The predicted octanol–water partition coefficient (Wildman–Crippen LogP) is 0.822. The van der Waals surface area contributed by atoms with Gasteiger partial charge in [0, 0.05) is 5.69 Å². The van der Waals surface area contributed by atoms with E-state index in [2.05, 4.69) is 15.3 Å². The van der Waals surface area contributed by atoms with Crippen molar-refractivity contribution in [2.45, 2.75) is 18.5 Å². The summed E-state index contributed by atoms with van der Waals surface area (Å²) in [4.78, 5) is 7.74. The lowest BCUT2D eigenvalue weighted by Gasteiger charge is -2.08. The standard InChI is InChI=1S/C10H14ClN3O2S/c1-7-4-9(11)14-10(13-7)17(15,16)6-8-2-3-12-5-8/h4,8,12H,2-3,5-6H2,1H3. The topological polar surface area (TPSA) is 72.0 Å². The van der Waals surface area contributed by atoms with E-state index in [1.165, 1.54) is 6.07 Å². The number of halogens is 1. The molecule has 1 N–H and O–H groups in total. The van der Waals surface area contributed by atoms with Gasteiger partial charge < -0.3 is 5.32 Å². The molecule has 2 rings (SSSR count). The number of aromatic nitrogens is 2. The molecule has 0 radical (unpaired) electrons. The number of nitrogens with one attached hydrogen (secondary N) is 1. The van der Waals surface area contributed by atoms with Crippen molar-refractivity contribution in [2.75, 3.05) is 18.8 Å². The molecule has 5 nitrogen and oxygen atoms in total. The Morgan fingerprint density at radius 2 is 2.29 bits per heavy atom. The van der Waals surface area contributed by atoms with Crippen LogP contribution < -0.4 is 5.32 Å². The van der Waals surface area contributed by atoms with Crippen LogP contribution >= 0.6 is 11.6 Å². The van der Waals surface area contributed by atoms with Crippen molar-refractivity contribution in [3.8, 4) is 0 Å². The van der Waals surface area contributed by atoms with Crippen LogP contribution in [0.1, 0.15) is 12.1 Å². The largest absolute Gasteiger partial charge is 0.316 e. The molecule has 0 saturated carbocycles. The van der Waals surface area contributed by atoms with Crippen molar-refractivity contribution in [1.82, 2.24) is 15.3 Å². The van der Waals surface area contributed by atoms with Gasteiger partial charge in [-0.3, -0.25) is 0 Å². The molecule has 1 aromatic rings. The zero-order chi connectivity index (χ0) is 12.5. The molecule has 1 aromatic heterocycles. The van der Waals surface area contributed by atoms with Crippen LogP contribution in [0.3, 0.4) is 0 Å². The first-order valence-electron chi connectivity index (χ1n) is 5.42. The van der Waals surface area contributed by atoms with Crippen molar-refractivity contribution in [3.63, 3.8) is 0 Å². The van der Waals surface area contributed by atoms with Gasteiger partial charge in [0.1, 0.15) is 5.15 Å². The lowest BCUT2D eigenvalue weighted by Crippen LogP contribution is -2.20. The Bertz CT molecular complexity index is 492. The number of nitrogens with zero attached hydrogens (tertiary/aromatic N) is 2. The van der Waals surface area contributed by atoms with E-state index >= 15 is 0 Å². The van der Waals surface area contributed by atoms with Gasteiger partial charge in [0.15, 0.2) is 0 Å². The molecule has 1 aliphatic heterocycles. The predicted molar refractivity (Wildman–Crippen MR) is 64.8 cm³/mol. The molecule has 0 bridgehead atoms. The first-order valence-corrected chi connectivity index (χ1v) is 7.45. The number of hydrogen-bond acceptors (Lipinski definition) is 5. The molecule has 1 saturated heterocycles. The lowest BCUT2D eigenvalue weighted by atomic mass is 10.2. The van der Waals surface area contributed by atoms with Crippen molar-refractivity contribution in [3.05, 3.63) is 16.9 Å². The smallest absolute Gasteiger partial charge is 0.248 e. The summed E-state index contributed by atoms with van der Waals surface area (Å²) in [5.41, 5.74) is 0.563. The summed E-state index contributed by atoms with van der Waals surface area (Å²) in [6.45, 7) is 3.30. The highest BCUT2D eigenvalue weighted by molar-refractivity contribution is 7.91. The van der Waals surface area contributed by atoms with Gasteiger partial charge in [0.25, 0.3) is 0 Å². The zero-order valence-corrected chi connectivity index (χ0v) is 11.1. The summed E-state index contributed by atoms with van der Waals surface area (Å²) < 4.78 is 24.2. The fraction of sp³-hybridized carbons (Fsp3) is 0.600. The van der Waals surface area contributed by atoms with Gasteiger partial charge in [-0.1, -0.05) is 11.6 Å². The van der Waals surface area contributed by atoms with E-state index < -0.39 is 9.84 Å². The minimum Gasteiger partial charge on any atom is -0.316 e. The molecule has 94 valence electrons. The summed E-state index contributed by atoms with van der Waals surface area (Å²) >= 11 is 5.74. The Kier molecular flexibility index (Phi) is 3.65. The van der Waals surface area contributed by atoms with E-state index in [0.29, 0.717) is 5.69 Å². The van der Waals surface area contributed by atoms with Crippen LogP contribution in [0.2, 0.25) is 5.15 Å². The summed E-state index contributed by atoms with van der Waals surface area (Å²) in [5, 5.41) is 3.15. The quantitative estimate of drug-likeness (QED) is 0.653. The lowest BCUT2D eigenvalue weighted by molar-refractivity contribution is 0.562. The van der Waals surface area contributed by atoms with E-state index in [4.69, 9.17) is 11.6 Å². The van der Waals surface area contributed by atoms with Crippen molar-refractivity contribution in [1.29, 1.82) is 0 Å². The van der Waals surface area contributed by atoms with Crippen LogP contribution in [-0.2, 0) is 9.84 Å². The van der Waals surface area contributed by atoms with E-state index in [9.17, 15) is 8.42 Å². The van der Waals surface area contributed by atoms with E-state index in [0.717, 1.165) is 19.5 Å². The number of rotatable bonds is 3. The molecular weight excluding hydrogens is 262 g/mol. The van der Waals surface area contributed by atoms with Crippen LogP contribution in [-0.4, -0.2) is 37.2 Å². The molecular formula is C10H14ClN3O2S. The molecule has 1 unspecified atom stereocenters. The maximum absolute atomic E-state index is 12.1. The second-order valence-corrected chi connectivity index (χ2v) is 6.57. The van der Waals surface area contributed by atoms with Gasteiger partial charge in [-0.05, 0) is 38.4 Å². The molecule has 7 heteroatoms. The maximum atomic E-state index is 12.1. The van der Waals surface area contributed by atoms with E-state index in [-0.39, 0.29) is 22.0 Å². The van der Waals surface area contributed by atoms with Crippen LogP contribution in [0, 0.1) is 12.8 Å². The van der Waals surface area contributed by atoms with Gasteiger partial charge in [0.05, 0.1) is 5.75 Å². The number of hydrogen-bond donors (Lipinski definition) is 1. The summed E-state index contributed by atoms with van der Waals surface area (Å²) in [6.07, 6.45) is 0.874. The van der Waals surface area contributed by atoms with Crippen molar-refractivity contribution < 1.29 is 8.42 Å². The fourth-order valence-corrected chi connectivity index (χ4v) is 3.75. The summed E-state index contributed by atoms with van der Waals surface area (Å²) in [7, 11) is -3.44. The maximum Gasteiger partial charge on any atom is 0.248 e. The monoisotopic (exact) mass is 275 g/mol. The minimum absolute atomic E-state index is 0.0831. The Morgan fingerprint density at radius 1 is 1.53 bits per heavy atom. The SMILES string of the molecule is Cc1cc(Cl)nc(S(=O)(=O)CC2CCNC2)n1. The second kappa shape index (κ2) is 4.88. The molecule has 0 amide bonds. The number of aryl methyl sites for hydroxylation is 1. The van der Waals surface area contributed by atoms with E-state index in [1.54, 1.807) is 6.92 Å². The zero-order valence-electron chi connectivity index (χ0n) is 9.48. The van der Waals surface area contributed by atoms with Crippen LogP contribution in [0.15, 0.2) is 11.2 Å². The van der Waals surface area contributed by atoms with Gasteiger partial charge in [0.2, 0.25) is 15.0 Å². The molecule has 17 heavy (non-hydrogen) atoms. The minimum atomic E-state index is -3.44. The van der Waals surface area contributed by atoms with Crippen LogP contribution in [0.4, 0.5) is 0 Å². The van der Waals surface area contributed by atoms with Crippen molar-refractivity contribution >= 4 is 21.4 Å². The van der Waals surface area contributed by atoms with Gasteiger partial charge in [-0.2, -0.15) is 0 Å². The Labute approximate surface area is 106 Å². The highest BCUT2D eigenvalue weighted by Gasteiger charge is 2.26. The Hall–Kier alpha value is -0.720. The van der Waals surface area contributed by atoms with Crippen molar-refractivity contribution in [2.24, 2.45) is 5.92 Å². The average molecular weight is 276 g/mol.